The van der Waals surface area contributed by atoms with E-state index >= 15 is 0 Å². The summed E-state index contributed by atoms with van der Waals surface area (Å²) in [5, 5.41) is 3.40. The van der Waals surface area contributed by atoms with E-state index < -0.39 is 0 Å². The van der Waals surface area contributed by atoms with Crippen molar-refractivity contribution in [1.82, 2.24) is 5.32 Å². The van der Waals surface area contributed by atoms with Crippen LogP contribution in [0.3, 0.4) is 0 Å². The lowest BCUT2D eigenvalue weighted by atomic mass is 9.87. The van der Waals surface area contributed by atoms with Gasteiger partial charge in [-0.05, 0) is 18.9 Å². The largest absolute Gasteiger partial charge is 0.316 e. The molecule has 0 fully saturated rings. The Morgan fingerprint density at radius 1 is 1.09 bits per heavy atom. The van der Waals surface area contributed by atoms with Crippen LogP contribution in [0.2, 0.25) is 0 Å². The van der Waals surface area contributed by atoms with E-state index in [4.69, 9.17) is 0 Å². The lowest BCUT2D eigenvalue weighted by Gasteiger charge is -2.28. The first-order chi connectivity index (χ1) is 5.17. The average molecular weight is 157 g/mol. The topological polar surface area (TPSA) is 12.0 Å². The van der Waals surface area contributed by atoms with Crippen LogP contribution in [0.1, 0.15) is 40.5 Å². The summed E-state index contributed by atoms with van der Waals surface area (Å²) in [7, 11) is 2.07. The maximum Gasteiger partial charge on any atom is 0.0115 e. The van der Waals surface area contributed by atoms with E-state index in [1.807, 2.05) is 0 Å². The first-order valence-corrected chi connectivity index (χ1v) is 4.84. The molecule has 1 heteroatoms. The number of hydrogen-bond donors (Lipinski definition) is 1. The van der Waals surface area contributed by atoms with Gasteiger partial charge in [-0.2, -0.15) is 0 Å². The van der Waals surface area contributed by atoms with Crippen molar-refractivity contribution in [3.05, 3.63) is 0 Å². The van der Waals surface area contributed by atoms with E-state index in [0.29, 0.717) is 6.04 Å². The fraction of sp³-hybridized carbons (Fsp3) is 1.00. The summed E-state index contributed by atoms with van der Waals surface area (Å²) in [5.74, 6) is 1.60. The van der Waals surface area contributed by atoms with Gasteiger partial charge in [0.25, 0.3) is 0 Å². The van der Waals surface area contributed by atoms with Crippen molar-refractivity contribution in [3.8, 4) is 0 Å². The van der Waals surface area contributed by atoms with Gasteiger partial charge in [-0.15, -0.1) is 0 Å². The third-order valence-electron chi connectivity index (χ3n) is 2.61. The molecule has 0 bridgehead atoms. The second-order valence-electron chi connectivity index (χ2n) is 3.64. The summed E-state index contributed by atoms with van der Waals surface area (Å²) >= 11 is 0. The molecule has 0 saturated carbocycles. The van der Waals surface area contributed by atoms with Crippen LogP contribution in [0.4, 0.5) is 0 Å². The molecule has 1 nitrogen and oxygen atoms in total. The SMILES string of the molecule is CCC(CC)C(NC)C(C)C. The quantitative estimate of drug-likeness (QED) is 0.647. The molecule has 1 atom stereocenters. The number of rotatable bonds is 5. The molecule has 0 radical (unpaired) electrons. The minimum Gasteiger partial charge on any atom is -0.316 e. The molecule has 68 valence electrons. The molecule has 0 saturated heterocycles. The molecule has 11 heavy (non-hydrogen) atoms. The van der Waals surface area contributed by atoms with Crippen LogP contribution in [0.15, 0.2) is 0 Å². The van der Waals surface area contributed by atoms with E-state index in [1.54, 1.807) is 0 Å². The summed E-state index contributed by atoms with van der Waals surface area (Å²) in [6.07, 6.45) is 2.58. The first kappa shape index (κ1) is 11.0. The van der Waals surface area contributed by atoms with Crippen LogP contribution in [0.5, 0.6) is 0 Å². The van der Waals surface area contributed by atoms with Gasteiger partial charge in [-0.3, -0.25) is 0 Å². The van der Waals surface area contributed by atoms with E-state index in [-0.39, 0.29) is 0 Å². The molecule has 0 heterocycles. The minimum atomic E-state index is 0.699. The highest BCUT2D eigenvalue weighted by molar-refractivity contribution is 4.75. The van der Waals surface area contributed by atoms with Crippen molar-refractivity contribution in [3.63, 3.8) is 0 Å². The molecule has 0 rings (SSSR count). The van der Waals surface area contributed by atoms with Crippen molar-refractivity contribution in [2.45, 2.75) is 46.6 Å². The Morgan fingerprint density at radius 2 is 1.55 bits per heavy atom. The molecule has 1 unspecified atom stereocenters. The van der Waals surface area contributed by atoms with E-state index in [2.05, 4.69) is 40.1 Å². The highest BCUT2D eigenvalue weighted by atomic mass is 14.9. The highest BCUT2D eigenvalue weighted by Gasteiger charge is 2.19. The molecule has 0 aliphatic carbocycles. The summed E-state index contributed by atoms with van der Waals surface area (Å²) < 4.78 is 0. The smallest absolute Gasteiger partial charge is 0.0115 e. The monoisotopic (exact) mass is 157 g/mol. The van der Waals surface area contributed by atoms with Crippen LogP contribution in [-0.2, 0) is 0 Å². The number of nitrogens with one attached hydrogen (secondary N) is 1. The van der Waals surface area contributed by atoms with Crippen LogP contribution in [0.25, 0.3) is 0 Å². The highest BCUT2D eigenvalue weighted by Crippen LogP contribution is 2.18. The molecule has 0 aliphatic heterocycles. The molecular weight excluding hydrogens is 134 g/mol. The fourth-order valence-electron chi connectivity index (χ4n) is 1.91. The molecule has 1 N–H and O–H groups in total. The van der Waals surface area contributed by atoms with Gasteiger partial charge in [0, 0.05) is 6.04 Å². The third kappa shape index (κ3) is 3.24. The molecule has 0 spiro atoms. The molecule has 0 aliphatic rings. The Labute approximate surface area is 71.6 Å². The van der Waals surface area contributed by atoms with Crippen LogP contribution < -0.4 is 5.32 Å². The van der Waals surface area contributed by atoms with Gasteiger partial charge >= 0.3 is 0 Å². The van der Waals surface area contributed by atoms with Gasteiger partial charge in [0.15, 0.2) is 0 Å². The molecule has 0 aromatic rings. The standard InChI is InChI=1S/C10H23N/c1-6-9(7-2)10(11-5)8(3)4/h8-11H,6-7H2,1-5H3. The molecule has 0 amide bonds. The summed E-state index contributed by atoms with van der Waals surface area (Å²) in [4.78, 5) is 0. The second-order valence-corrected chi connectivity index (χ2v) is 3.64. The molecule has 0 aromatic carbocycles. The van der Waals surface area contributed by atoms with Crippen LogP contribution in [0, 0.1) is 11.8 Å². The Morgan fingerprint density at radius 3 is 1.64 bits per heavy atom. The van der Waals surface area contributed by atoms with E-state index in [0.717, 1.165) is 11.8 Å². The zero-order valence-electron chi connectivity index (χ0n) is 8.65. The van der Waals surface area contributed by atoms with Gasteiger partial charge < -0.3 is 5.32 Å². The van der Waals surface area contributed by atoms with Crippen molar-refractivity contribution in [2.75, 3.05) is 7.05 Å². The second kappa shape index (κ2) is 5.59. The van der Waals surface area contributed by atoms with Gasteiger partial charge in [0.05, 0.1) is 0 Å². The van der Waals surface area contributed by atoms with Crippen molar-refractivity contribution >= 4 is 0 Å². The molecular formula is C10H23N. The van der Waals surface area contributed by atoms with Crippen molar-refractivity contribution in [1.29, 1.82) is 0 Å². The number of hydrogen-bond acceptors (Lipinski definition) is 1. The van der Waals surface area contributed by atoms with E-state index in [1.165, 1.54) is 12.8 Å². The summed E-state index contributed by atoms with van der Waals surface area (Å²) in [6, 6.07) is 0.699. The van der Waals surface area contributed by atoms with Crippen LogP contribution >= 0.6 is 0 Å². The first-order valence-electron chi connectivity index (χ1n) is 4.84. The summed E-state index contributed by atoms with van der Waals surface area (Å²) in [6.45, 7) is 9.14. The normalized spacial score (nSPS) is 14.5. The lowest BCUT2D eigenvalue weighted by Crippen LogP contribution is -2.37. The minimum absolute atomic E-state index is 0.699. The Kier molecular flexibility index (Phi) is 5.57. The Balaban J connectivity index is 3.98. The maximum absolute atomic E-state index is 3.40. The zero-order valence-corrected chi connectivity index (χ0v) is 8.65. The predicted molar refractivity (Wildman–Crippen MR) is 51.8 cm³/mol. The van der Waals surface area contributed by atoms with Crippen LogP contribution in [-0.4, -0.2) is 13.1 Å². The van der Waals surface area contributed by atoms with Gasteiger partial charge in [-0.25, -0.2) is 0 Å². The Hall–Kier alpha value is -0.0400. The van der Waals surface area contributed by atoms with E-state index in [9.17, 15) is 0 Å². The lowest BCUT2D eigenvalue weighted by molar-refractivity contribution is 0.283. The van der Waals surface area contributed by atoms with Crippen molar-refractivity contribution in [2.24, 2.45) is 11.8 Å². The predicted octanol–water partition coefficient (Wildman–Crippen LogP) is 2.67. The maximum atomic E-state index is 3.40. The zero-order chi connectivity index (χ0) is 8.85. The van der Waals surface area contributed by atoms with Gasteiger partial charge in [0.1, 0.15) is 0 Å². The van der Waals surface area contributed by atoms with Crippen molar-refractivity contribution < 1.29 is 0 Å². The van der Waals surface area contributed by atoms with Gasteiger partial charge in [-0.1, -0.05) is 40.5 Å². The molecule has 0 aromatic heterocycles. The third-order valence-corrected chi connectivity index (χ3v) is 2.61. The fourth-order valence-corrected chi connectivity index (χ4v) is 1.91. The Bertz CT molecular complexity index is 84.9. The summed E-state index contributed by atoms with van der Waals surface area (Å²) in [5.41, 5.74) is 0. The average Bonchev–Trinajstić information content (AvgIpc) is 1.99. The van der Waals surface area contributed by atoms with Gasteiger partial charge in [0.2, 0.25) is 0 Å².